The zero-order chi connectivity index (χ0) is 32.5. The fourth-order valence-corrected chi connectivity index (χ4v) is 6.74. The van der Waals surface area contributed by atoms with Crippen LogP contribution in [0.1, 0.15) is 44.5 Å². The highest BCUT2D eigenvalue weighted by Gasteiger charge is 2.22. The summed E-state index contributed by atoms with van der Waals surface area (Å²) in [4.78, 5) is 4.84. The second-order valence-electron chi connectivity index (χ2n) is 12.8. The lowest BCUT2D eigenvalue weighted by molar-refractivity contribution is 1.19. The van der Waals surface area contributed by atoms with Crippen molar-refractivity contribution in [3.8, 4) is 11.1 Å². The summed E-state index contributed by atoms with van der Waals surface area (Å²) in [6, 6.07) is 44.5. The molecule has 0 saturated carbocycles. The van der Waals surface area contributed by atoms with Gasteiger partial charge in [-0.15, -0.1) is 0 Å². The summed E-state index contributed by atoms with van der Waals surface area (Å²) in [5.41, 5.74) is 19.7. The van der Waals surface area contributed by atoms with E-state index in [1.807, 2.05) is 0 Å². The molecule has 0 bridgehead atoms. The van der Waals surface area contributed by atoms with Crippen LogP contribution in [0.5, 0.6) is 0 Å². The van der Waals surface area contributed by atoms with Gasteiger partial charge in [0.1, 0.15) is 0 Å². The molecule has 0 fully saturated rings. The van der Waals surface area contributed by atoms with Gasteiger partial charge in [0.25, 0.3) is 0 Å². The molecule has 6 rings (SSSR count). The zero-order valence-electron chi connectivity index (χ0n) is 28.4. The van der Waals surface area contributed by atoms with Gasteiger partial charge in [-0.1, -0.05) is 71.8 Å². The number of rotatable bonds is 7. The van der Waals surface area contributed by atoms with E-state index in [0.29, 0.717) is 0 Å². The lowest BCUT2D eigenvalue weighted by atomic mass is 9.93. The van der Waals surface area contributed by atoms with Gasteiger partial charge in [-0.25, -0.2) is 0 Å². The molecule has 0 aliphatic rings. The van der Waals surface area contributed by atoms with E-state index in [4.69, 9.17) is 0 Å². The third kappa shape index (κ3) is 5.96. The molecule has 0 N–H and O–H groups in total. The van der Waals surface area contributed by atoms with Crippen molar-refractivity contribution in [2.45, 2.75) is 55.4 Å². The molecule has 6 aromatic carbocycles. The van der Waals surface area contributed by atoms with Crippen LogP contribution >= 0.6 is 0 Å². The Balaban J connectivity index is 1.47. The lowest BCUT2D eigenvalue weighted by Gasteiger charge is -2.31. The highest BCUT2D eigenvalue weighted by molar-refractivity contribution is 5.87. The Bertz CT molecular complexity index is 1820. The van der Waals surface area contributed by atoms with E-state index in [1.54, 1.807) is 0 Å². The van der Waals surface area contributed by atoms with Gasteiger partial charge < -0.3 is 9.80 Å². The van der Waals surface area contributed by atoms with Crippen molar-refractivity contribution in [1.82, 2.24) is 0 Å². The topological polar surface area (TPSA) is 6.48 Å². The summed E-state index contributed by atoms with van der Waals surface area (Å²) in [7, 11) is 0. The van der Waals surface area contributed by atoms with Crippen LogP contribution in [-0.4, -0.2) is 0 Å². The van der Waals surface area contributed by atoms with Crippen LogP contribution in [-0.2, 0) is 0 Å². The Hall–Kier alpha value is -5.08. The van der Waals surface area contributed by atoms with Crippen molar-refractivity contribution in [2.24, 2.45) is 0 Å². The van der Waals surface area contributed by atoms with E-state index in [1.165, 1.54) is 89.8 Å². The van der Waals surface area contributed by atoms with E-state index in [0.717, 1.165) is 0 Å². The number of anilines is 6. The van der Waals surface area contributed by atoms with Crippen molar-refractivity contribution in [1.29, 1.82) is 0 Å². The monoisotopic (exact) mass is 600 g/mol. The average Bonchev–Trinajstić information content (AvgIpc) is 3.03. The molecule has 0 radical (unpaired) electrons. The molecule has 0 aromatic heterocycles. The van der Waals surface area contributed by atoms with Gasteiger partial charge in [0, 0.05) is 22.7 Å². The first-order valence-corrected chi connectivity index (χ1v) is 16.2. The smallest absolute Gasteiger partial charge is 0.0520 e. The molecule has 0 saturated heterocycles. The Morgan fingerprint density at radius 3 is 0.935 bits per heavy atom. The molecule has 46 heavy (non-hydrogen) atoms. The van der Waals surface area contributed by atoms with E-state index in [2.05, 4.69) is 187 Å². The number of hydrogen-bond acceptors (Lipinski definition) is 2. The predicted molar refractivity (Wildman–Crippen MR) is 199 cm³/mol. The first-order valence-electron chi connectivity index (χ1n) is 16.2. The number of aryl methyl sites for hydroxylation is 8. The fourth-order valence-electron chi connectivity index (χ4n) is 6.74. The van der Waals surface area contributed by atoms with Crippen LogP contribution in [0.25, 0.3) is 11.1 Å². The summed E-state index contributed by atoms with van der Waals surface area (Å²) in [6.07, 6.45) is 0. The molecule has 0 amide bonds. The predicted octanol–water partition coefficient (Wildman–Crippen LogP) is 12.8. The zero-order valence-corrected chi connectivity index (χ0v) is 28.4. The van der Waals surface area contributed by atoms with Gasteiger partial charge in [-0.05, 0) is 161 Å². The molecule has 0 aliphatic carbocycles. The Labute approximate surface area is 275 Å². The summed E-state index contributed by atoms with van der Waals surface area (Å²) < 4.78 is 0. The summed E-state index contributed by atoms with van der Waals surface area (Å²) >= 11 is 0. The highest BCUT2D eigenvalue weighted by Crippen LogP contribution is 2.44. The average molecular weight is 601 g/mol. The van der Waals surface area contributed by atoms with Crippen LogP contribution in [0.3, 0.4) is 0 Å². The van der Waals surface area contributed by atoms with Gasteiger partial charge in [0.15, 0.2) is 0 Å². The van der Waals surface area contributed by atoms with E-state index < -0.39 is 0 Å². The van der Waals surface area contributed by atoms with Crippen LogP contribution in [0.4, 0.5) is 34.1 Å². The largest absolute Gasteiger partial charge is 0.310 e. The van der Waals surface area contributed by atoms with Gasteiger partial charge in [0.2, 0.25) is 0 Å². The number of para-hydroxylation sites is 2. The van der Waals surface area contributed by atoms with E-state index in [-0.39, 0.29) is 0 Å². The normalized spacial score (nSPS) is 11.0. The Morgan fingerprint density at radius 1 is 0.326 bits per heavy atom. The second kappa shape index (κ2) is 12.7. The molecule has 0 spiro atoms. The van der Waals surface area contributed by atoms with Crippen molar-refractivity contribution in [2.75, 3.05) is 9.80 Å². The maximum Gasteiger partial charge on any atom is 0.0520 e. The maximum atomic E-state index is 2.42. The van der Waals surface area contributed by atoms with Crippen molar-refractivity contribution < 1.29 is 0 Å². The van der Waals surface area contributed by atoms with Gasteiger partial charge in [0.05, 0.1) is 11.4 Å². The van der Waals surface area contributed by atoms with Crippen LogP contribution in [0.15, 0.2) is 121 Å². The molecular weight excluding hydrogens is 556 g/mol. The fraction of sp³-hybridized carbons (Fsp3) is 0.182. The van der Waals surface area contributed by atoms with Gasteiger partial charge in [-0.3, -0.25) is 0 Å². The molecule has 0 unspecified atom stereocenters. The van der Waals surface area contributed by atoms with Crippen molar-refractivity contribution >= 4 is 34.1 Å². The summed E-state index contributed by atoms with van der Waals surface area (Å²) in [5.74, 6) is 0. The molecule has 230 valence electrons. The molecule has 0 aliphatic heterocycles. The molecular formula is C44H44N2. The van der Waals surface area contributed by atoms with E-state index >= 15 is 0 Å². The van der Waals surface area contributed by atoms with Gasteiger partial charge in [-0.2, -0.15) is 0 Å². The number of hydrogen-bond donors (Lipinski definition) is 0. The van der Waals surface area contributed by atoms with E-state index in [9.17, 15) is 0 Å². The Morgan fingerprint density at radius 2 is 0.630 bits per heavy atom. The molecule has 6 aromatic rings. The molecule has 2 nitrogen and oxygen atoms in total. The summed E-state index contributed by atoms with van der Waals surface area (Å²) in [6.45, 7) is 17.7. The lowest BCUT2D eigenvalue weighted by Crippen LogP contribution is -2.14. The van der Waals surface area contributed by atoms with Crippen molar-refractivity contribution in [3.05, 3.63) is 166 Å². The van der Waals surface area contributed by atoms with Gasteiger partial charge >= 0.3 is 0 Å². The first-order chi connectivity index (χ1) is 22.1. The third-order valence-corrected chi connectivity index (χ3v) is 9.06. The molecule has 0 heterocycles. The van der Waals surface area contributed by atoms with Crippen molar-refractivity contribution in [3.63, 3.8) is 0 Å². The standard InChI is InChI=1S/C44H44N2/c1-29-17-21-39(22-18-29)45(41-15-11-9-13-31(41)3)43-33(5)25-37(26-34(43)6)38-27-35(7)44(36(8)28-38)46(40-23-19-30(2)20-24-40)42-16-12-10-14-32(42)4/h9-28H,1-8H3. The minimum absolute atomic E-state index is 1.17. The SMILES string of the molecule is Cc1ccc(N(c2ccccc2C)c2c(C)cc(-c3cc(C)c(N(c4ccc(C)cc4)c4ccccc4C)c(C)c3)cc2C)cc1. The Kier molecular flexibility index (Phi) is 8.56. The maximum absolute atomic E-state index is 2.42. The quantitative estimate of drug-likeness (QED) is 0.180. The second-order valence-corrected chi connectivity index (χ2v) is 12.8. The summed E-state index contributed by atoms with van der Waals surface area (Å²) in [5, 5.41) is 0. The highest BCUT2D eigenvalue weighted by atomic mass is 15.2. The third-order valence-electron chi connectivity index (χ3n) is 9.06. The molecule has 0 atom stereocenters. The van der Waals surface area contributed by atoms with Crippen LogP contribution in [0, 0.1) is 55.4 Å². The number of benzene rings is 6. The van der Waals surface area contributed by atoms with Crippen LogP contribution in [0.2, 0.25) is 0 Å². The molecule has 2 heteroatoms. The number of nitrogens with zero attached hydrogens (tertiary/aromatic N) is 2. The first kappa shape index (κ1) is 30.9. The minimum Gasteiger partial charge on any atom is -0.310 e. The minimum atomic E-state index is 1.17. The van der Waals surface area contributed by atoms with Crippen LogP contribution < -0.4 is 9.80 Å².